The van der Waals surface area contributed by atoms with Gasteiger partial charge in [0.05, 0.1) is 5.39 Å². The molecule has 4 aromatic heterocycles. The fraction of sp³-hybridized carbons (Fsp3) is 0.273. The zero-order valence-electron chi connectivity index (χ0n) is 16.8. The van der Waals surface area contributed by atoms with Crippen LogP contribution >= 0.6 is 11.3 Å². The Balaban J connectivity index is 1.41. The summed E-state index contributed by atoms with van der Waals surface area (Å²) >= 11 is 1.64. The van der Waals surface area contributed by atoms with E-state index < -0.39 is 5.97 Å². The van der Waals surface area contributed by atoms with Gasteiger partial charge in [-0.15, -0.1) is 11.3 Å². The van der Waals surface area contributed by atoms with E-state index in [-0.39, 0.29) is 23.6 Å². The maximum Gasteiger partial charge on any atom is 0.343 e. The van der Waals surface area contributed by atoms with Gasteiger partial charge in [-0.2, -0.15) is 5.26 Å². The SMILES string of the molecule is Cc1oc(-n2cccc2)c(C#N)c1C(=O)OCc1nc(N)c2c3c(sc2n1)CCCC3. The lowest BCUT2D eigenvalue weighted by Crippen LogP contribution is -2.10. The Hall–Kier alpha value is -3.64. The number of ether oxygens (including phenoxy) is 1. The number of nitrogens with zero attached hydrogens (tertiary/aromatic N) is 4. The molecule has 0 unspecified atom stereocenters. The molecular weight excluding hydrogens is 414 g/mol. The third-order valence-corrected chi connectivity index (χ3v) is 6.63. The van der Waals surface area contributed by atoms with E-state index >= 15 is 0 Å². The minimum Gasteiger partial charge on any atom is -0.454 e. The minimum atomic E-state index is -0.663. The van der Waals surface area contributed by atoms with Gasteiger partial charge in [-0.05, 0) is 50.3 Å². The molecule has 156 valence electrons. The maximum absolute atomic E-state index is 12.8. The van der Waals surface area contributed by atoms with Crippen LogP contribution in [0.1, 0.15) is 50.8 Å². The Morgan fingerprint density at radius 1 is 1.32 bits per heavy atom. The zero-order chi connectivity index (χ0) is 21.5. The fourth-order valence-corrected chi connectivity index (χ4v) is 5.32. The smallest absolute Gasteiger partial charge is 0.343 e. The first kappa shape index (κ1) is 19.3. The molecule has 1 aliphatic carbocycles. The number of furan rings is 1. The molecule has 9 heteroatoms. The normalized spacial score (nSPS) is 13.2. The van der Waals surface area contributed by atoms with Gasteiger partial charge in [-0.1, -0.05) is 0 Å². The second-order valence-electron chi connectivity index (χ2n) is 7.41. The van der Waals surface area contributed by atoms with Crippen molar-refractivity contribution in [1.29, 1.82) is 5.26 Å². The summed E-state index contributed by atoms with van der Waals surface area (Å²) in [6, 6.07) is 5.65. The minimum absolute atomic E-state index is 0.104. The van der Waals surface area contributed by atoms with Gasteiger partial charge in [-0.3, -0.25) is 4.57 Å². The largest absolute Gasteiger partial charge is 0.454 e. The first-order valence-corrected chi connectivity index (χ1v) is 10.8. The molecule has 0 bridgehead atoms. The van der Waals surface area contributed by atoms with E-state index in [9.17, 15) is 10.1 Å². The predicted octanol–water partition coefficient (Wildman–Crippen LogP) is 4.07. The second-order valence-corrected chi connectivity index (χ2v) is 8.49. The van der Waals surface area contributed by atoms with Crippen molar-refractivity contribution >= 4 is 33.3 Å². The van der Waals surface area contributed by atoms with Crippen LogP contribution in [0.2, 0.25) is 0 Å². The number of carbonyl (C=O) groups is 1. The van der Waals surface area contributed by atoms with Crippen molar-refractivity contribution in [2.45, 2.75) is 39.2 Å². The topological polar surface area (TPSA) is 120 Å². The highest BCUT2D eigenvalue weighted by molar-refractivity contribution is 7.19. The molecule has 2 N–H and O–H groups in total. The standard InChI is InChI=1S/C22H19N5O3S/c1-12-17(14(10-23)21(30-12)27-8-4-5-9-27)22(28)29-11-16-25-19(24)18-13-6-2-3-7-15(13)31-20(18)26-16/h4-5,8-9H,2-3,6-7,11H2,1H3,(H2,24,25,26). The quantitative estimate of drug-likeness (QED) is 0.482. The predicted molar refractivity (Wildman–Crippen MR) is 115 cm³/mol. The molecule has 0 saturated heterocycles. The van der Waals surface area contributed by atoms with Crippen LogP contribution in [0.25, 0.3) is 16.1 Å². The number of nitriles is 1. The number of nitrogens with two attached hydrogens (primary N) is 1. The van der Waals surface area contributed by atoms with E-state index in [1.165, 1.54) is 16.9 Å². The number of esters is 1. The molecular formula is C22H19N5O3S. The van der Waals surface area contributed by atoms with Crippen LogP contribution in [0.4, 0.5) is 5.82 Å². The lowest BCUT2D eigenvalue weighted by atomic mass is 9.97. The monoisotopic (exact) mass is 433 g/mol. The molecule has 31 heavy (non-hydrogen) atoms. The Bertz CT molecular complexity index is 1340. The van der Waals surface area contributed by atoms with E-state index in [1.54, 1.807) is 47.4 Å². The third-order valence-electron chi connectivity index (χ3n) is 5.44. The summed E-state index contributed by atoms with van der Waals surface area (Å²) in [5.41, 5.74) is 7.72. The molecule has 0 fully saturated rings. The van der Waals surface area contributed by atoms with E-state index in [2.05, 4.69) is 9.97 Å². The average Bonchev–Trinajstić information content (AvgIpc) is 3.48. The molecule has 8 nitrogen and oxygen atoms in total. The number of hydrogen-bond acceptors (Lipinski definition) is 8. The second kappa shape index (κ2) is 7.56. The number of aryl methyl sites for hydroxylation is 3. The number of rotatable bonds is 4. The highest BCUT2D eigenvalue weighted by Crippen LogP contribution is 2.37. The Morgan fingerprint density at radius 3 is 2.87 bits per heavy atom. The van der Waals surface area contributed by atoms with Crippen LogP contribution in [0.15, 0.2) is 28.9 Å². The van der Waals surface area contributed by atoms with Gasteiger partial charge in [0.2, 0.25) is 5.88 Å². The molecule has 5 rings (SSSR count). The zero-order valence-corrected chi connectivity index (χ0v) is 17.7. The lowest BCUT2D eigenvalue weighted by molar-refractivity contribution is 0.0460. The highest BCUT2D eigenvalue weighted by atomic mass is 32.1. The van der Waals surface area contributed by atoms with Crippen LogP contribution in [0.5, 0.6) is 0 Å². The summed E-state index contributed by atoms with van der Waals surface area (Å²) in [5, 5.41) is 10.5. The van der Waals surface area contributed by atoms with Gasteiger partial charge in [0.15, 0.2) is 12.4 Å². The fourth-order valence-electron chi connectivity index (χ4n) is 4.03. The van der Waals surface area contributed by atoms with Crippen molar-refractivity contribution < 1.29 is 13.9 Å². The first-order chi connectivity index (χ1) is 15.1. The van der Waals surface area contributed by atoms with Gasteiger partial charge < -0.3 is 14.9 Å². The summed E-state index contributed by atoms with van der Waals surface area (Å²) in [6.45, 7) is 1.48. The van der Waals surface area contributed by atoms with Gasteiger partial charge in [-0.25, -0.2) is 14.8 Å². The molecule has 1 aliphatic rings. The summed E-state index contributed by atoms with van der Waals surface area (Å²) in [6.07, 6.45) is 7.83. The van der Waals surface area contributed by atoms with Gasteiger partial charge >= 0.3 is 5.97 Å². The van der Waals surface area contributed by atoms with Gasteiger partial charge in [0.25, 0.3) is 0 Å². The molecule has 0 aliphatic heterocycles. The molecule has 0 spiro atoms. The van der Waals surface area contributed by atoms with Crippen molar-refractivity contribution in [3.05, 3.63) is 57.7 Å². The van der Waals surface area contributed by atoms with E-state index in [1.807, 2.05) is 6.07 Å². The third kappa shape index (κ3) is 3.25. The van der Waals surface area contributed by atoms with Crippen molar-refractivity contribution in [2.75, 3.05) is 5.73 Å². The Morgan fingerprint density at radius 2 is 2.10 bits per heavy atom. The van der Waals surface area contributed by atoms with E-state index in [4.69, 9.17) is 14.9 Å². The van der Waals surface area contributed by atoms with Crippen molar-refractivity contribution in [1.82, 2.24) is 14.5 Å². The summed E-state index contributed by atoms with van der Waals surface area (Å²) in [4.78, 5) is 23.9. The Labute approximate surface area is 181 Å². The molecule has 4 heterocycles. The summed E-state index contributed by atoms with van der Waals surface area (Å²) < 4.78 is 12.7. The van der Waals surface area contributed by atoms with Gasteiger partial charge in [0.1, 0.15) is 33.6 Å². The van der Waals surface area contributed by atoms with Gasteiger partial charge in [0, 0.05) is 17.3 Å². The summed E-state index contributed by atoms with van der Waals surface area (Å²) in [5.74, 6) is 0.684. The number of fused-ring (bicyclic) bond motifs is 3. The van der Waals surface area contributed by atoms with Crippen LogP contribution in [-0.2, 0) is 24.2 Å². The first-order valence-electron chi connectivity index (χ1n) is 9.97. The van der Waals surface area contributed by atoms with Crippen LogP contribution < -0.4 is 5.73 Å². The van der Waals surface area contributed by atoms with Crippen LogP contribution in [0.3, 0.4) is 0 Å². The Kier molecular flexibility index (Phi) is 4.71. The molecule has 0 atom stereocenters. The number of carbonyl (C=O) groups excluding carboxylic acids is 1. The van der Waals surface area contributed by atoms with E-state index in [0.29, 0.717) is 17.4 Å². The number of aromatic nitrogens is 3. The van der Waals surface area contributed by atoms with Crippen molar-refractivity contribution in [2.24, 2.45) is 0 Å². The number of anilines is 1. The molecule has 0 aromatic carbocycles. The number of nitrogen functional groups attached to an aromatic ring is 1. The van der Waals surface area contributed by atoms with E-state index in [0.717, 1.165) is 29.5 Å². The van der Waals surface area contributed by atoms with Crippen LogP contribution in [0, 0.1) is 18.3 Å². The van der Waals surface area contributed by atoms with Crippen molar-refractivity contribution in [3.8, 4) is 12.0 Å². The highest BCUT2D eigenvalue weighted by Gasteiger charge is 2.26. The number of thiophene rings is 1. The molecule has 0 amide bonds. The number of hydrogen-bond donors (Lipinski definition) is 1. The molecule has 4 aromatic rings. The molecule has 0 radical (unpaired) electrons. The lowest BCUT2D eigenvalue weighted by Gasteiger charge is -2.10. The maximum atomic E-state index is 12.8. The molecule has 0 saturated carbocycles. The summed E-state index contributed by atoms with van der Waals surface area (Å²) in [7, 11) is 0. The van der Waals surface area contributed by atoms with Crippen LogP contribution in [-0.4, -0.2) is 20.5 Å². The average molecular weight is 433 g/mol. The van der Waals surface area contributed by atoms with Crippen molar-refractivity contribution in [3.63, 3.8) is 0 Å².